The van der Waals surface area contributed by atoms with Gasteiger partial charge in [-0.25, -0.2) is 13.8 Å². The van der Waals surface area contributed by atoms with Gasteiger partial charge in [0.15, 0.2) is 17.4 Å². The number of rotatable bonds is 5. The largest absolute Gasteiger partial charge is 0.432 e. The van der Waals surface area contributed by atoms with Gasteiger partial charge in [0.05, 0.1) is 16.6 Å². The highest BCUT2D eigenvalue weighted by Gasteiger charge is 2.22. The van der Waals surface area contributed by atoms with Gasteiger partial charge in [0.25, 0.3) is 0 Å². The lowest BCUT2D eigenvalue weighted by Crippen LogP contribution is -2.11. The smallest absolute Gasteiger partial charge is 0.387 e. The number of alkyl halides is 2. The van der Waals surface area contributed by atoms with E-state index in [1.807, 2.05) is 6.92 Å². The number of fused-ring (bicyclic) bond motifs is 1. The van der Waals surface area contributed by atoms with E-state index in [0.29, 0.717) is 23.3 Å². The Bertz CT molecular complexity index is 1290. The third-order valence-corrected chi connectivity index (χ3v) is 4.59. The molecule has 31 heavy (non-hydrogen) atoms. The Morgan fingerprint density at radius 3 is 2.48 bits per heavy atom. The van der Waals surface area contributed by atoms with Crippen molar-refractivity contribution < 1.29 is 22.3 Å². The Kier molecular flexibility index (Phi) is 5.09. The number of aryl methyl sites for hydroxylation is 1. The molecule has 0 aliphatic rings. The summed E-state index contributed by atoms with van der Waals surface area (Å²) in [7, 11) is 0. The molecule has 160 valence electrons. The molecule has 0 fully saturated rings. The zero-order valence-corrected chi connectivity index (χ0v) is 16.1. The van der Waals surface area contributed by atoms with E-state index in [1.165, 1.54) is 24.3 Å². The van der Waals surface area contributed by atoms with Crippen molar-refractivity contribution in [3.63, 3.8) is 0 Å². The Morgan fingerprint density at radius 2 is 1.81 bits per heavy atom. The number of nitrogens with two attached hydrogens (primary N) is 2. The average molecular weight is 432 g/mol. The van der Waals surface area contributed by atoms with Crippen LogP contribution in [-0.4, -0.2) is 26.1 Å². The summed E-state index contributed by atoms with van der Waals surface area (Å²) in [5, 5.41) is 0. The number of hydrogen-bond acceptors (Lipinski definition) is 6. The zero-order chi connectivity index (χ0) is 22.3. The van der Waals surface area contributed by atoms with Crippen molar-refractivity contribution in [3.8, 4) is 22.7 Å². The van der Waals surface area contributed by atoms with Crippen LogP contribution in [0.4, 0.5) is 29.3 Å². The first-order valence-corrected chi connectivity index (χ1v) is 9.13. The van der Waals surface area contributed by atoms with Gasteiger partial charge in [-0.2, -0.15) is 18.7 Å². The quantitative estimate of drug-likeness (QED) is 0.461. The fourth-order valence-corrected chi connectivity index (χ4v) is 3.34. The van der Waals surface area contributed by atoms with Crippen LogP contribution in [0, 0.1) is 11.6 Å². The molecule has 0 radical (unpaired) electrons. The molecule has 0 bridgehead atoms. The first kappa shape index (κ1) is 20.4. The van der Waals surface area contributed by atoms with Crippen molar-refractivity contribution in [2.75, 3.05) is 11.5 Å². The Morgan fingerprint density at radius 1 is 1.03 bits per heavy atom. The van der Waals surface area contributed by atoms with Gasteiger partial charge in [-0.15, -0.1) is 0 Å². The summed E-state index contributed by atoms with van der Waals surface area (Å²) in [5.74, 6) is -1.71. The van der Waals surface area contributed by atoms with Crippen LogP contribution in [0.15, 0.2) is 36.4 Å². The maximum Gasteiger partial charge on any atom is 0.387 e. The fourth-order valence-electron chi connectivity index (χ4n) is 3.34. The van der Waals surface area contributed by atoms with Gasteiger partial charge >= 0.3 is 6.61 Å². The highest BCUT2D eigenvalue weighted by Crippen LogP contribution is 2.35. The number of anilines is 2. The van der Waals surface area contributed by atoms with Gasteiger partial charge in [0.2, 0.25) is 5.95 Å². The third kappa shape index (κ3) is 3.69. The molecule has 2 heterocycles. The molecule has 0 unspecified atom stereocenters. The van der Waals surface area contributed by atoms with Crippen LogP contribution < -0.4 is 16.2 Å². The molecule has 0 aliphatic heterocycles. The van der Waals surface area contributed by atoms with Gasteiger partial charge in [-0.3, -0.25) is 4.57 Å². The summed E-state index contributed by atoms with van der Waals surface area (Å²) in [6.07, 6.45) is 0.453. The third-order valence-electron chi connectivity index (χ3n) is 4.59. The van der Waals surface area contributed by atoms with Crippen molar-refractivity contribution in [1.82, 2.24) is 19.5 Å². The minimum absolute atomic E-state index is 0.0789. The number of aromatic nitrogens is 4. The molecule has 4 rings (SSSR count). The monoisotopic (exact) mass is 432 g/mol. The fraction of sp³-hybridized carbons (Fsp3) is 0.150. The van der Waals surface area contributed by atoms with Crippen molar-refractivity contribution >= 4 is 22.8 Å². The molecule has 0 amide bonds. The van der Waals surface area contributed by atoms with Crippen molar-refractivity contribution in [2.24, 2.45) is 0 Å². The predicted octanol–water partition coefficient (Wildman–Crippen LogP) is 4.09. The summed E-state index contributed by atoms with van der Waals surface area (Å²) in [6, 6.07) is 7.42. The van der Waals surface area contributed by atoms with Gasteiger partial charge in [0, 0.05) is 12.5 Å². The van der Waals surface area contributed by atoms with Crippen LogP contribution in [-0.2, 0) is 6.42 Å². The van der Waals surface area contributed by atoms with Gasteiger partial charge in [-0.05, 0) is 29.8 Å². The molecule has 7 nitrogen and oxygen atoms in total. The molecule has 4 aromatic rings. The number of imidazole rings is 1. The van der Waals surface area contributed by atoms with E-state index < -0.39 is 24.0 Å². The van der Waals surface area contributed by atoms with Crippen molar-refractivity contribution in [2.45, 2.75) is 20.0 Å². The second-order valence-electron chi connectivity index (χ2n) is 6.54. The maximum atomic E-state index is 14.4. The lowest BCUT2D eigenvalue weighted by Gasteiger charge is -2.16. The standard InChI is InChI=1S/C20H16F4N6O/c1-2-15-27-12-5-4-10(21)8-13(12)30(15)18-16(17(25)28-20(26)29-18)9-3-6-14(11(22)7-9)31-19(23)24/h3-8,19H,2H2,1H3,(H4,25,26,28,29). The average Bonchev–Trinajstić information content (AvgIpc) is 3.06. The molecule has 0 atom stereocenters. The Hall–Kier alpha value is -3.89. The first-order chi connectivity index (χ1) is 14.8. The highest BCUT2D eigenvalue weighted by molar-refractivity contribution is 5.85. The minimum Gasteiger partial charge on any atom is -0.432 e. The minimum atomic E-state index is -3.18. The van der Waals surface area contributed by atoms with Crippen LogP contribution in [0.1, 0.15) is 12.7 Å². The number of halogens is 4. The molecule has 4 N–H and O–H groups in total. The van der Waals surface area contributed by atoms with Crippen molar-refractivity contribution in [1.29, 1.82) is 0 Å². The van der Waals surface area contributed by atoms with E-state index in [9.17, 15) is 17.6 Å². The number of ether oxygens (including phenoxy) is 1. The zero-order valence-electron chi connectivity index (χ0n) is 16.1. The topological polar surface area (TPSA) is 105 Å². The van der Waals surface area contributed by atoms with Crippen LogP contribution in [0.3, 0.4) is 0 Å². The van der Waals surface area contributed by atoms with Crippen LogP contribution in [0.25, 0.3) is 28.0 Å². The van der Waals surface area contributed by atoms with E-state index in [1.54, 1.807) is 4.57 Å². The molecular weight excluding hydrogens is 416 g/mol. The number of nitrogens with zero attached hydrogens (tertiary/aromatic N) is 4. The lowest BCUT2D eigenvalue weighted by atomic mass is 10.1. The summed E-state index contributed by atoms with van der Waals surface area (Å²) in [6.45, 7) is -1.34. The predicted molar refractivity (Wildman–Crippen MR) is 107 cm³/mol. The summed E-state index contributed by atoms with van der Waals surface area (Å²) < 4.78 is 59.0. The molecule has 0 spiro atoms. The van der Waals surface area contributed by atoms with E-state index in [4.69, 9.17) is 11.5 Å². The SMILES string of the molecule is CCc1nc2ccc(F)cc2n1-c1nc(N)nc(N)c1-c1ccc(OC(F)F)c(F)c1. The van der Waals surface area contributed by atoms with Crippen LogP contribution in [0.2, 0.25) is 0 Å². The number of hydrogen-bond donors (Lipinski definition) is 2. The second kappa shape index (κ2) is 7.74. The molecule has 2 aromatic carbocycles. The van der Waals surface area contributed by atoms with Crippen LogP contribution in [0.5, 0.6) is 5.75 Å². The molecule has 0 saturated heterocycles. The first-order valence-electron chi connectivity index (χ1n) is 9.13. The summed E-state index contributed by atoms with van der Waals surface area (Å²) in [5.41, 5.74) is 13.1. The second-order valence-corrected chi connectivity index (χ2v) is 6.54. The normalized spacial score (nSPS) is 11.4. The summed E-state index contributed by atoms with van der Waals surface area (Å²) >= 11 is 0. The molecule has 11 heteroatoms. The van der Waals surface area contributed by atoms with E-state index in [2.05, 4.69) is 19.7 Å². The Balaban J connectivity index is 2.00. The Labute approximate surface area is 173 Å². The number of benzene rings is 2. The van der Waals surface area contributed by atoms with Crippen molar-refractivity contribution in [3.05, 3.63) is 53.9 Å². The molecular formula is C20H16F4N6O. The van der Waals surface area contributed by atoms with Gasteiger partial charge < -0.3 is 16.2 Å². The molecule has 2 aromatic heterocycles. The maximum absolute atomic E-state index is 14.4. The highest BCUT2D eigenvalue weighted by atomic mass is 19.3. The number of nitrogen functional groups attached to an aromatic ring is 2. The van der Waals surface area contributed by atoms with E-state index in [-0.39, 0.29) is 28.7 Å². The van der Waals surface area contributed by atoms with Gasteiger partial charge in [-0.1, -0.05) is 13.0 Å². The summed E-state index contributed by atoms with van der Waals surface area (Å²) in [4.78, 5) is 12.7. The van der Waals surface area contributed by atoms with Gasteiger partial charge in [0.1, 0.15) is 17.5 Å². The van der Waals surface area contributed by atoms with E-state index in [0.717, 1.165) is 12.1 Å². The van der Waals surface area contributed by atoms with E-state index >= 15 is 0 Å². The van der Waals surface area contributed by atoms with Crippen LogP contribution >= 0.6 is 0 Å². The molecule has 0 saturated carbocycles. The molecule has 0 aliphatic carbocycles. The lowest BCUT2D eigenvalue weighted by molar-refractivity contribution is -0.0521.